The Morgan fingerprint density at radius 3 is 2.76 bits per heavy atom. The van der Waals surface area contributed by atoms with Gasteiger partial charge in [0.25, 0.3) is 0 Å². The summed E-state index contributed by atoms with van der Waals surface area (Å²) in [4.78, 5) is 16.9. The van der Waals surface area contributed by atoms with Crippen molar-refractivity contribution in [1.29, 1.82) is 5.26 Å². The number of nitrogens with zero attached hydrogens (tertiary/aromatic N) is 2. The predicted molar refractivity (Wildman–Crippen MR) is 118 cm³/mol. The summed E-state index contributed by atoms with van der Waals surface area (Å²) >= 11 is 6.61. The number of nitrogens with one attached hydrogen (secondary N) is 1. The molecule has 1 N–H and O–H groups in total. The van der Waals surface area contributed by atoms with Crippen LogP contribution in [0.1, 0.15) is 50.7 Å². The van der Waals surface area contributed by atoms with Crippen molar-refractivity contribution < 1.29 is 4.79 Å². The molecular weight excluding hydrogens is 382 g/mol. The maximum Gasteiger partial charge on any atom is 0.229 e. The van der Waals surface area contributed by atoms with E-state index in [0.717, 1.165) is 47.2 Å². The van der Waals surface area contributed by atoms with E-state index in [0.29, 0.717) is 29.3 Å². The van der Waals surface area contributed by atoms with Crippen LogP contribution in [-0.4, -0.2) is 11.7 Å². The molecule has 1 heterocycles. The summed E-state index contributed by atoms with van der Waals surface area (Å²) in [6.07, 6.45) is 3.86. The van der Waals surface area contributed by atoms with Crippen LogP contribution in [0.5, 0.6) is 0 Å². The number of hydrogen-bond acceptors (Lipinski definition) is 3. The zero-order chi connectivity index (χ0) is 20.8. The minimum absolute atomic E-state index is 0.0385. The van der Waals surface area contributed by atoms with Crippen molar-refractivity contribution in [2.24, 2.45) is 4.99 Å². The number of benzene rings is 2. The molecule has 148 valence electrons. The molecule has 1 amide bonds. The minimum atomic E-state index is -0.0385. The molecule has 2 aromatic rings. The Labute approximate surface area is 176 Å². The first-order valence-corrected chi connectivity index (χ1v) is 10.2. The van der Waals surface area contributed by atoms with Crippen LogP contribution in [0.25, 0.3) is 11.1 Å². The number of unbranched alkanes of at least 4 members (excludes halogenated alkanes) is 1. The van der Waals surface area contributed by atoms with Gasteiger partial charge in [0.15, 0.2) is 0 Å². The Kier molecular flexibility index (Phi) is 6.85. The molecule has 3 rings (SSSR count). The average molecular weight is 406 g/mol. The van der Waals surface area contributed by atoms with Gasteiger partial charge < -0.3 is 5.32 Å². The van der Waals surface area contributed by atoms with E-state index in [1.807, 2.05) is 43.3 Å². The second-order valence-corrected chi connectivity index (χ2v) is 7.62. The molecule has 1 aliphatic rings. The molecule has 2 aromatic carbocycles. The van der Waals surface area contributed by atoms with Crippen LogP contribution >= 0.6 is 11.6 Å². The average Bonchev–Trinajstić information content (AvgIpc) is 2.84. The third-order valence-electron chi connectivity index (χ3n) is 4.99. The lowest BCUT2D eigenvalue weighted by atomic mass is 9.95. The summed E-state index contributed by atoms with van der Waals surface area (Å²) in [5, 5.41) is 12.8. The fourth-order valence-electron chi connectivity index (χ4n) is 3.51. The maximum absolute atomic E-state index is 12.2. The number of hydrogen-bond donors (Lipinski definition) is 1. The third kappa shape index (κ3) is 5.13. The largest absolute Gasteiger partial charge is 0.314 e. The van der Waals surface area contributed by atoms with Crippen molar-refractivity contribution in [3.63, 3.8) is 0 Å². The molecule has 4 nitrogen and oxygen atoms in total. The molecule has 0 fully saturated rings. The zero-order valence-electron chi connectivity index (χ0n) is 16.8. The topological polar surface area (TPSA) is 65.2 Å². The third-order valence-corrected chi connectivity index (χ3v) is 5.34. The normalized spacial score (nSPS) is 14.1. The number of carbonyl (C=O) groups excluding carboxylic acids is 1. The second kappa shape index (κ2) is 9.54. The lowest BCUT2D eigenvalue weighted by Crippen LogP contribution is -2.27. The van der Waals surface area contributed by atoms with Crippen molar-refractivity contribution in [1.82, 2.24) is 5.32 Å². The Hall–Kier alpha value is -2.90. The van der Waals surface area contributed by atoms with Crippen molar-refractivity contribution in [2.75, 3.05) is 0 Å². The summed E-state index contributed by atoms with van der Waals surface area (Å²) in [6, 6.07) is 15.6. The highest BCUT2D eigenvalue weighted by Gasteiger charge is 2.18. The van der Waals surface area contributed by atoms with Crippen LogP contribution < -0.4 is 5.32 Å². The number of carbonyl (C=O) groups is 1. The molecule has 5 heteroatoms. The molecule has 0 spiro atoms. The Morgan fingerprint density at radius 2 is 2.03 bits per heavy atom. The maximum atomic E-state index is 12.2. The first kappa shape index (κ1) is 20.8. The number of nitriles is 1. The minimum Gasteiger partial charge on any atom is -0.314 e. The molecule has 1 aliphatic heterocycles. The van der Waals surface area contributed by atoms with Gasteiger partial charge >= 0.3 is 0 Å². The fraction of sp³-hybridized carbons (Fsp3) is 0.292. The SMILES string of the molecule is CCCCC1=C(Cc2ccc(-c3ccccc3C#N)cc2Cl)CC(=O)NC(C)=N1. The van der Waals surface area contributed by atoms with E-state index in [1.54, 1.807) is 6.07 Å². The van der Waals surface area contributed by atoms with E-state index < -0.39 is 0 Å². The summed E-state index contributed by atoms with van der Waals surface area (Å²) in [6.45, 7) is 3.97. The van der Waals surface area contributed by atoms with Crippen molar-refractivity contribution in [3.8, 4) is 17.2 Å². The molecule has 0 bridgehead atoms. The van der Waals surface area contributed by atoms with E-state index >= 15 is 0 Å². The summed E-state index contributed by atoms with van der Waals surface area (Å²) in [5.74, 6) is 0.606. The molecule has 0 atom stereocenters. The van der Waals surface area contributed by atoms with Gasteiger partial charge in [-0.2, -0.15) is 5.26 Å². The quantitative estimate of drug-likeness (QED) is 0.659. The Balaban J connectivity index is 1.94. The molecule has 0 unspecified atom stereocenters. The highest BCUT2D eigenvalue weighted by Crippen LogP contribution is 2.31. The fourth-order valence-corrected chi connectivity index (χ4v) is 3.76. The van der Waals surface area contributed by atoms with E-state index in [2.05, 4.69) is 23.3 Å². The van der Waals surface area contributed by atoms with Crippen molar-refractivity contribution >= 4 is 23.3 Å². The van der Waals surface area contributed by atoms with Gasteiger partial charge in [-0.15, -0.1) is 0 Å². The van der Waals surface area contributed by atoms with Gasteiger partial charge in [0, 0.05) is 10.7 Å². The van der Waals surface area contributed by atoms with Crippen LogP contribution in [0.2, 0.25) is 5.02 Å². The summed E-state index contributed by atoms with van der Waals surface area (Å²) in [7, 11) is 0. The highest BCUT2D eigenvalue weighted by atomic mass is 35.5. The zero-order valence-corrected chi connectivity index (χ0v) is 17.5. The van der Waals surface area contributed by atoms with Crippen LogP contribution in [0.3, 0.4) is 0 Å². The van der Waals surface area contributed by atoms with Gasteiger partial charge in [0.05, 0.1) is 18.1 Å². The first-order valence-electron chi connectivity index (χ1n) is 9.85. The van der Waals surface area contributed by atoms with Crippen molar-refractivity contribution in [2.45, 2.75) is 46.0 Å². The van der Waals surface area contributed by atoms with Gasteiger partial charge in [-0.05, 0) is 60.6 Å². The number of allylic oxidation sites excluding steroid dienone is 1. The number of amides is 1. The van der Waals surface area contributed by atoms with E-state index in [9.17, 15) is 10.1 Å². The number of rotatable bonds is 6. The summed E-state index contributed by atoms with van der Waals surface area (Å²) < 4.78 is 0. The molecule has 0 radical (unpaired) electrons. The molecule has 0 saturated carbocycles. The Bertz CT molecular complexity index is 1030. The Morgan fingerprint density at radius 1 is 1.24 bits per heavy atom. The summed E-state index contributed by atoms with van der Waals surface area (Å²) in [5.41, 5.74) is 5.34. The first-order chi connectivity index (χ1) is 14.0. The molecule has 0 aliphatic carbocycles. The molecular formula is C24H24ClN3O. The van der Waals surface area contributed by atoms with Crippen LogP contribution in [0.4, 0.5) is 0 Å². The lowest BCUT2D eigenvalue weighted by Gasteiger charge is -2.13. The van der Waals surface area contributed by atoms with Gasteiger partial charge in [0.2, 0.25) is 5.91 Å². The molecule has 0 saturated heterocycles. The molecule has 29 heavy (non-hydrogen) atoms. The van der Waals surface area contributed by atoms with Crippen LogP contribution in [0.15, 0.2) is 58.7 Å². The van der Waals surface area contributed by atoms with E-state index in [-0.39, 0.29) is 5.91 Å². The van der Waals surface area contributed by atoms with Gasteiger partial charge in [-0.1, -0.05) is 55.3 Å². The van der Waals surface area contributed by atoms with Crippen molar-refractivity contribution in [3.05, 3.63) is 69.9 Å². The second-order valence-electron chi connectivity index (χ2n) is 7.22. The van der Waals surface area contributed by atoms with Gasteiger partial charge in [-0.25, -0.2) is 4.99 Å². The van der Waals surface area contributed by atoms with Crippen LogP contribution in [0, 0.1) is 11.3 Å². The van der Waals surface area contributed by atoms with E-state index in [1.165, 1.54) is 0 Å². The number of halogens is 1. The standard InChI is InChI=1S/C24H24ClN3O/c1-3-4-9-23-20(14-24(29)28-16(2)27-23)12-18-11-10-17(13-22(18)25)21-8-6-5-7-19(21)15-26/h5-8,10-11,13H,3-4,9,12,14H2,1-2H3,(H,27,28,29). The van der Waals surface area contributed by atoms with Crippen LogP contribution in [-0.2, 0) is 11.2 Å². The number of aliphatic imine (C=N–C) groups is 1. The monoisotopic (exact) mass is 405 g/mol. The highest BCUT2D eigenvalue weighted by molar-refractivity contribution is 6.31. The molecule has 0 aromatic heterocycles. The van der Waals surface area contributed by atoms with Gasteiger partial charge in [-0.3, -0.25) is 4.79 Å². The van der Waals surface area contributed by atoms with Gasteiger partial charge in [0.1, 0.15) is 5.84 Å². The smallest absolute Gasteiger partial charge is 0.229 e. The predicted octanol–water partition coefficient (Wildman–Crippen LogP) is 5.80. The lowest BCUT2D eigenvalue weighted by molar-refractivity contribution is -0.119. The number of amidine groups is 1. The van der Waals surface area contributed by atoms with E-state index in [4.69, 9.17) is 11.6 Å².